The SMILES string of the molecule is [Ir].[Ir].[c-]1ccccc1-c1cc2ccccc2cn1.[c-]1ccccc1-c1ncnc2ccccc12.[c-]1ccccc1N1C=CN(CCCCN2C=CN(c3[c-]cccc3)[CH-]2)[CH-]1.[c-]1ccccc1N1C=CN(CCCCN2C=CN(c3[c-]cccc3)[CH-]2)[CH-]1. The van der Waals surface area contributed by atoms with Gasteiger partial charge in [0.1, 0.15) is 6.33 Å². The van der Waals surface area contributed by atoms with Gasteiger partial charge < -0.3 is 44.2 Å². The fourth-order valence-corrected chi connectivity index (χ4v) is 9.57. The first-order chi connectivity index (χ1) is 41.6. The van der Waals surface area contributed by atoms with E-state index in [4.69, 9.17) is 0 Å². The van der Waals surface area contributed by atoms with Gasteiger partial charge >= 0.3 is 0 Å². The molecule has 86 heavy (non-hydrogen) atoms. The predicted molar refractivity (Wildman–Crippen MR) is 340 cm³/mol. The summed E-state index contributed by atoms with van der Waals surface area (Å²) in [5.74, 6) is 0. The molecule has 0 fully saturated rings. The molecular formula is C73H63Ir2N11-10. The van der Waals surface area contributed by atoms with Gasteiger partial charge in [0.05, 0.1) is 5.52 Å². The molecule has 4 aliphatic rings. The number of rotatable bonds is 16. The molecule has 0 saturated heterocycles. The molecule has 0 amide bonds. The van der Waals surface area contributed by atoms with E-state index in [9.17, 15) is 0 Å². The molecule has 2 radical (unpaired) electrons. The van der Waals surface area contributed by atoms with Crippen molar-refractivity contribution >= 4 is 44.4 Å². The molecule has 2 aromatic heterocycles. The second kappa shape index (κ2) is 32.4. The number of hydrogen-bond acceptors (Lipinski definition) is 11. The van der Waals surface area contributed by atoms with E-state index in [0.717, 1.165) is 108 Å². The summed E-state index contributed by atoms with van der Waals surface area (Å²) in [6, 6.07) is 85.5. The molecule has 0 atom stereocenters. The first kappa shape index (κ1) is 61.7. The smallest absolute Gasteiger partial charge is 0.106 e. The number of anilines is 4. The summed E-state index contributed by atoms with van der Waals surface area (Å²) in [7, 11) is 0. The maximum atomic E-state index is 4.45. The summed E-state index contributed by atoms with van der Waals surface area (Å²) in [5, 5.41) is 3.44. The number of aromatic nitrogens is 3. The molecule has 11 nitrogen and oxygen atoms in total. The summed E-state index contributed by atoms with van der Waals surface area (Å²) < 4.78 is 0. The molecule has 8 aromatic carbocycles. The van der Waals surface area contributed by atoms with E-state index in [2.05, 4.69) is 209 Å². The first-order valence-corrected chi connectivity index (χ1v) is 28.3. The maximum Gasteiger partial charge on any atom is 0.106 e. The molecule has 0 spiro atoms. The summed E-state index contributed by atoms with van der Waals surface area (Å²) in [4.78, 5) is 30.4. The molecule has 0 aliphatic carbocycles. The van der Waals surface area contributed by atoms with E-state index in [1.807, 2.05) is 164 Å². The van der Waals surface area contributed by atoms with Gasteiger partial charge in [-0.05, 0) is 135 Å². The topological polar surface area (TPSA) is 64.6 Å². The van der Waals surface area contributed by atoms with Crippen LogP contribution in [0.2, 0.25) is 0 Å². The fraction of sp³-hybridized carbons (Fsp3) is 0.110. The molecule has 6 heterocycles. The molecule has 438 valence electrons. The molecule has 14 rings (SSSR count). The molecule has 4 aliphatic heterocycles. The number of nitrogens with zero attached hydrogens (tertiary/aromatic N) is 11. The van der Waals surface area contributed by atoms with Crippen LogP contribution < -0.4 is 19.6 Å². The van der Waals surface area contributed by atoms with Crippen LogP contribution in [0.4, 0.5) is 22.7 Å². The molecule has 0 N–H and O–H groups in total. The fourth-order valence-electron chi connectivity index (χ4n) is 9.57. The van der Waals surface area contributed by atoms with Gasteiger partial charge in [0.2, 0.25) is 0 Å². The Morgan fingerprint density at radius 3 is 1.12 bits per heavy atom. The summed E-state index contributed by atoms with van der Waals surface area (Å²) in [6.45, 7) is 12.6. The molecule has 0 saturated carbocycles. The van der Waals surface area contributed by atoms with Crippen molar-refractivity contribution in [3.63, 3.8) is 0 Å². The van der Waals surface area contributed by atoms with Gasteiger partial charge in [0, 0.05) is 46.4 Å². The summed E-state index contributed by atoms with van der Waals surface area (Å²) >= 11 is 0. The van der Waals surface area contributed by atoms with Crippen molar-refractivity contribution in [2.45, 2.75) is 25.7 Å². The number of fused-ring (bicyclic) bond motifs is 2. The van der Waals surface area contributed by atoms with Crippen LogP contribution >= 0.6 is 0 Å². The molecule has 13 heteroatoms. The van der Waals surface area contributed by atoms with Crippen LogP contribution in [0.3, 0.4) is 0 Å². The van der Waals surface area contributed by atoms with Crippen molar-refractivity contribution in [3.05, 3.63) is 325 Å². The molecule has 0 bridgehead atoms. The Morgan fingerprint density at radius 1 is 0.337 bits per heavy atom. The van der Waals surface area contributed by atoms with Gasteiger partial charge in [-0.2, -0.15) is 148 Å². The number of para-hydroxylation sites is 5. The first-order valence-electron chi connectivity index (χ1n) is 28.3. The van der Waals surface area contributed by atoms with Crippen molar-refractivity contribution in [2.24, 2.45) is 0 Å². The average molecular weight is 1480 g/mol. The zero-order valence-electron chi connectivity index (χ0n) is 47.4. The Kier molecular flexibility index (Phi) is 23.3. The van der Waals surface area contributed by atoms with Gasteiger partial charge in [-0.25, -0.2) is 4.98 Å². The Hall–Kier alpha value is -8.83. The van der Waals surface area contributed by atoms with Crippen LogP contribution in [0.1, 0.15) is 25.7 Å². The summed E-state index contributed by atoms with van der Waals surface area (Å²) in [6.07, 6.45) is 24.9. The minimum Gasteiger partial charge on any atom is -0.508 e. The zero-order chi connectivity index (χ0) is 56.8. The van der Waals surface area contributed by atoms with E-state index in [0.29, 0.717) is 0 Å². The standard InChI is InChI=1S/2C22H22N4.C15H10N.C14H9N2.2Ir/c2*1-3-9-21(10-4-1)25-17-15-23(19-25)13-7-8-14-24-16-18-26(20-24)22-11-5-2-6-12-22;1-2-6-12(7-3-1)15-10-13-8-4-5-9-14(13)11-16-15;1-2-6-11(7-3-1)14-12-8-4-5-9-13(12)15-10-16-14;;/h2*1-6,9,11,15-20H,7-8,13-14H2;1-6,8-11H;1-6,8-10H;;/q2*-4;2*-1;;. The molecule has 0 unspecified atom stereocenters. The van der Waals surface area contributed by atoms with Gasteiger partial charge in [0.25, 0.3) is 0 Å². The van der Waals surface area contributed by atoms with E-state index < -0.39 is 0 Å². The minimum atomic E-state index is 0. The van der Waals surface area contributed by atoms with E-state index in [1.54, 1.807) is 6.33 Å². The Labute approximate surface area is 534 Å². The van der Waals surface area contributed by atoms with Crippen molar-refractivity contribution in [1.82, 2.24) is 34.6 Å². The average Bonchev–Trinajstić information content (AvgIpc) is 4.55. The van der Waals surface area contributed by atoms with Gasteiger partial charge in [-0.1, -0.05) is 48.5 Å². The third kappa shape index (κ3) is 17.4. The monoisotopic (exact) mass is 1480 g/mol. The van der Waals surface area contributed by atoms with Crippen LogP contribution in [-0.2, 0) is 40.2 Å². The summed E-state index contributed by atoms with van der Waals surface area (Å²) in [5.41, 5.74) is 9.19. The van der Waals surface area contributed by atoms with Gasteiger partial charge in [-0.3, -0.25) is 4.98 Å². The second-order valence-corrected chi connectivity index (χ2v) is 19.8. The number of benzene rings is 8. The van der Waals surface area contributed by atoms with E-state index in [-0.39, 0.29) is 40.2 Å². The minimum absolute atomic E-state index is 0. The molecular weight excluding hydrogens is 1420 g/mol. The Bertz CT molecular complexity index is 3440. The van der Waals surface area contributed by atoms with Crippen LogP contribution in [0, 0.1) is 63.1 Å². The third-order valence-corrected chi connectivity index (χ3v) is 13.9. The second-order valence-electron chi connectivity index (χ2n) is 19.8. The number of unbranched alkanes of at least 4 members (excludes halogenated alkanes) is 2. The van der Waals surface area contributed by atoms with Crippen LogP contribution in [0.5, 0.6) is 0 Å². The normalized spacial score (nSPS) is 13.7. The Balaban J connectivity index is 0.000000139. The quantitative estimate of drug-likeness (QED) is 0.0687. The maximum absolute atomic E-state index is 4.45. The predicted octanol–water partition coefficient (Wildman–Crippen LogP) is 15.2. The van der Waals surface area contributed by atoms with Crippen LogP contribution in [-0.4, -0.2) is 60.7 Å². The molecule has 10 aromatic rings. The van der Waals surface area contributed by atoms with E-state index in [1.165, 1.54) is 10.8 Å². The third-order valence-electron chi connectivity index (χ3n) is 13.9. The van der Waals surface area contributed by atoms with Gasteiger partial charge in [0.15, 0.2) is 0 Å². The number of pyridine rings is 1. The van der Waals surface area contributed by atoms with Crippen molar-refractivity contribution in [3.8, 4) is 22.5 Å². The van der Waals surface area contributed by atoms with Crippen molar-refractivity contribution in [2.75, 3.05) is 45.8 Å². The Morgan fingerprint density at radius 2 is 0.709 bits per heavy atom. The van der Waals surface area contributed by atoms with E-state index >= 15 is 0 Å². The van der Waals surface area contributed by atoms with Crippen molar-refractivity contribution < 1.29 is 40.2 Å². The van der Waals surface area contributed by atoms with Crippen molar-refractivity contribution in [1.29, 1.82) is 0 Å². The van der Waals surface area contributed by atoms with Gasteiger partial charge in [-0.15, -0.1) is 94.5 Å². The largest absolute Gasteiger partial charge is 0.508 e. The number of hydrogen-bond donors (Lipinski definition) is 0. The van der Waals surface area contributed by atoms with Crippen LogP contribution in [0.15, 0.2) is 262 Å². The zero-order valence-corrected chi connectivity index (χ0v) is 52.2. The van der Waals surface area contributed by atoms with Crippen LogP contribution in [0.25, 0.3) is 44.2 Å².